The SMILES string of the molecule is CNCn1cc(NC)nn1. The van der Waals surface area contributed by atoms with Gasteiger partial charge in [0, 0.05) is 7.05 Å². The van der Waals surface area contributed by atoms with Gasteiger partial charge in [0.25, 0.3) is 0 Å². The lowest BCUT2D eigenvalue weighted by molar-refractivity contribution is 0.537. The van der Waals surface area contributed by atoms with Crippen LogP contribution in [0.4, 0.5) is 5.82 Å². The third-order valence-corrected chi connectivity index (χ3v) is 1.11. The van der Waals surface area contributed by atoms with Gasteiger partial charge >= 0.3 is 0 Å². The Bertz CT molecular complexity index is 194. The molecule has 0 unspecified atom stereocenters. The molecule has 1 rings (SSSR count). The molecule has 0 saturated heterocycles. The molecule has 0 aliphatic heterocycles. The lowest BCUT2D eigenvalue weighted by atomic mass is 10.7. The summed E-state index contributed by atoms with van der Waals surface area (Å²) in [4.78, 5) is 0. The Kier molecular flexibility index (Phi) is 2.22. The maximum atomic E-state index is 3.82. The van der Waals surface area contributed by atoms with Gasteiger partial charge in [-0.25, -0.2) is 4.68 Å². The molecule has 0 aromatic carbocycles. The standard InChI is InChI=1S/C5H11N5/c1-6-4-10-3-5(7-2)8-9-10/h3,6-7H,4H2,1-2H3. The van der Waals surface area contributed by atoms with Crippen molar-refractivity contribution in [2.75, 3.05) is 19.4 Å². The molecular weight excluding hydrogens is 130 g/mol. The zero-order valence-electron chi connectivity index (χ0n) is 6.13. The van der Waals surface area contributed by atoms with E-state index in [1.807, 2.05) is 20.3 Å². The summed E-state index contributed by atoms with van der Waals surface area (Å²) in [5.74, 6) is 0.787. The summed E-state index contributed by atoms with van der Waals surface area (Å²) in [6.07, 6.45) is 1.83. The van der Waals surface area contributed by atoms with Crippen LogP contribution in [-0.2, 0) is 6.67 Å². The Morgan fingerprint density at radius 3 is 2.90 bits per heavy atom. The minimum atomic E-state index is 0.689. The van der Waals surface area contributed by atoms with Gasteiger partial charge in [-0.3, -0.25) is 0 Å². The predicted octanol–water partition coefficient (Wildman–Crippen LogP) is -0.503. The van der Waals surface area contributed by atoms with E-state index in [2.05, 4.69) is 20.9 Å². The average molecular weight is 141 g/mol. The smallest absolute Gasteiger partial charge is 0.168 e. The number of hydrogen-bond donors (Lipinski definition) is 2. The van der Waals surface area contributed by atoms with Crippen LogP contribution < -0.4 is 10.6 Å². The number of aromatic nitrogens is 3. The molecule has 0 spiro atoms. The number of anilines is 1. The quantitative estimate of drug-likeness (QED) is 0.595. The number of rotatable bonds is 3. The molecule has 0 aliphatic carbocycles. The van der Waals surface area contributed by atoms with Crippen molar-refractivity contribution in [3.63, 3.8) is 0 Å². The third-order valence-electron chi connectivity index (χ3n) is 1.11. The lowest BCUT2D eigenvalue weighted by Crippen LogP contribution is -2.13. The van der Waals surface area contributed by atoms with Crippen molar-refractivity contribution in [3.8, 4) is 0 Å². The van der Waals surface area contributed by atoms with Crippen molar-refractivity contribution in [3.05, 3.63) is 6.20 Å². The average Bonchev–Trinajstić information content (AvgIpc) is 2.37. The number of nitrogens with one attached hydrogen (secondary N) is 2. The molecule has 1 aromatic heterocycles. The first kappa shape index (κ1) is 7.01. The summed E-state index contributed by atoms with van der Waals surface area (Å²) in [5.41, 5.74) is 0. The van der Waals surface area contributed by atoms with Crippen LogP contribution in [0.5, 0.6) is 0 Å². The van der Waals surface area contributed by atoms with Crippen molar-refractivity contribution < 1.29 is 0 Å². The maximum absolute atomic E-state index is 3.82. The van der Waals surface area contributed by atoms with E-state index in [-0.39, 0.29) is 0 Å². The van der Waals surface area contributed by atoms with E-state index in [0.29, 0.717) is 6.67 Å². The zero-order chi connectivity index (χ0) is 7.40. The van der Waals surface area contributed by atoms with Crippen LogP contribution >= 0.6 is 0 Å². The molecule has 0 atom stereocenters. The van der Waals surface area contributed by atoms with Gasteiger partial charge in [-0.15, -0.1) is 5.10 Å². The summed E-state index contributed by atoms with van der Waals surface area (Å²) < 4.78 is 1.71. The van der Waals surface area contributed by atoms with E-state index in [4.69, 9.17) is 0 Å². The molecule has 10 heavy (non-hydrogen) atoms. The normalized spacial score (nSPS) is 9.80. The van der Waals surface area contributed by atoms with Gasteiger partial charge < -0.3 is 10.6 Å². The van der Waals surface area contributed by atoms with E-state index in [1.54, 1.807) is 4.68 Å². The summed E-state index contributed by atoms with van der Waals surface area (Å²) in [6, 6.07) is 0. The predicted molar refractivity (Wildman–Crippen MR) is 38.6 cm³/mol. The Morgan fingerprint density at radius 2 is 2.40 bits per heavy atom. The van der Waals surface area contributed by atoms with Gasteiger partial charge in [-0.2, -0.15) is 0 Å². The van der Waals surface area contributed by atoms with Gasteiger partial charge in [0.15, 0.2) is 5.82 Å². The van der Waals surface area contributed by atoms with Crippen LogP contribution in [0.2, 0.25) is 0 Å². The van der Waals surface area contributed by atoms with E-state index in [1.165, 1.54) is 0 Å². The molecule has 5 heteroatoms. The number of nitrogens with zero attached hydrogens (tertiary/aromatic N) is 3. The highest BCUT2D eigenvalue weighted by Gasteiger charge is 1.93. The van der Waals surface area contributed by atoms with Crippen LogP contribution in [0.25, 0.3) is 0 Å². The van der Waals surface area contributed by atoms with Crippen LogP contribution in [0, 0.1) is 0 Å². The molecule has 2 N–H and O–H groups in total. The van der Waals surface area contributed by atoms with Gasteiger partial charge in [0.2, 0.25) is 0 Å². The highest BCUT2D eigenvalue weighted by Crippen LogP contribution is 1.95. The van der Waals surface area contributed by atoms with Crippen molar-refractivity contribution >= 4 is 5.82 Å². The monoisotopic (exact) mass is 141 g/mol. The Hall–Kier alpha value is -1.10. The minimum Gasteiger partial charge on any atom is -0.370 e. The lowest BCUT2D eigenvalue weighted by Gasteiger charge is -1.94. The molecule has 1 heterocycles. The van der Waals surface area contributed by atoms with Gasteiger partial charge in [-0.1, -0.05) is 5.21 Å². The fourth-order valence-corrected chi connectivity index (χ4v) is 0.652. The second-order valence-corrected chi connectivity index (χ2v) is 1.90. The first-order chi connectivity index (χ1) is 4.86. The first-order valence-electron chi connectivity index (χ1n) is 3.09. The van der Waals surface area contributed by atoms with Gasteiger partial charge in [0.1, 0.15) is 0 Å². The molecule has 5 nitrogen and oxygen atoms in total. The highest BCUT2D eigenvalue weighted by molar-refractivity contribution is 5.27. The summed E-state index contributed by atoms with van der Waals surface area (Å²) in [7, 11) is 3.68. The summed E-state index contributed by atoms with van der Waals surface area (Å²) in [5, 5.41) is 13.5. The van der Waals surface area contributed by atoms with Gasteiger partial charge in [0.05, 0.1) is 12.9 Å². The minimum absolute atomic E-state index is 0.689. The summed E-state index contributed by atoms with van der Waals surface area (Å²) in [6.45, 7) is 0.689. The molecule has 0 aliphatic rings. The second-order valence-electron chi connectivity index (χ2n) is 1.90. The molecule has 0 bridgehead atoms. The van der Waals surface area contributed by atoms with Crippen molar-refractivity contribution in [1.82, 2.24) is 20.3 Å². The highest BCUT2D eigenvalue weighted by atomic mass is 15.5. The van der Waals surface area contributed by atoms with E-state index in [0.717, 1.165) is 5.82 Å². The summed E-state index contributed by atoms with van der Waals surface area (Å²) >= 11 is 0. The second kappa shape index (κ2) is 3.17. The van der Waals surface area contributed by atoms with Crippen molar-refractivity contribution in [2.24, 2.45) is 0 Å². The number of hydrogen-bond acceptors (Lipinski definition) is 4. The molecule has 56 valence electrons. The Morgan fingerprint density at radius 1 is 1.60 bits per heavy atom. The molecular formula is C5H11N5. The first-order valence-corrected chi connectivity index (χ1v) is 3.09. The third kappa shape index (κ3) is 1.44. The van der Waals surface area contributed by atoms with E-state index < -0.39 is 0 Å². The van der Waals surface area contributed by atoms with Crippen molar-refractivity contribution in [1.29, 1.82) is 0 Å². The largest absolute Gasteiger partial charge is 0.370 e. The fraction of sp³-hybridized carbons (Fsp3) is 0.600. The molecule has 0 fully saturated rings. The van der Waals surface area contributed by atoms with Crippen LogP contribution in [0.1, 0.15) is 0 Å². The van der Waals surface area contributed by atoms with Crippen LogP contribution in [0.3, 0.4) is 0 Å². The molecule has 0 saturated carbocycles. The van der Waals surface area contributed by atoms with Crippen LogP contribution in [-0.4, -0.2) is 29.1 Å². The van der Waals surface area contributed by atoms with E-state index in [9.17, 15) is 0 Å². The Labute approximate surface area is 59.4 Å². The van der Waals surface area contributed by atoms with Gasteiger partial charge in [-0.05, 0) is 7.05 Å². The molecule has 1 aromatic rings. The Balaban J connectivity index is 2.59. The van der Waals surface area contributed by atoms with Crippen molar-refractivity contribution in [2.45, 2.75) is 6.67 Å². The molecule has 0 amide bonds. The fourth-order valence-electron chi connectivity index (χ4n) is 0.652. The van der Waals surface area contributed by atoms with Crippen LogP contribution in [0.15, 0.2) is 6.20 Å². The zero-order valence-corrected chi connectivity index (χ0v) is 6.13. The van der Waals surface area contributed by atoms with E-state index >= 15 is 0 Å². The maximum Gasteiger partial charge on any atom is 0.168 e. The topological polar surface area (TPSA) is 54.8 Å². The molecule has 0 radical (unpaired) electrons.